The molecule has 1 amide bonds. The molecule has 0 aromatic heterocycles. The minimum Gasteiger partial charge on any atom is -0.497 e. The highest BCUT2D eigenvalue weighted by Gasteiger charge is 2.55. The first-order valence-electron chi connectivity index (χ1n) is 10.3. The third-order valence-electron chi connectivity index (χ3n) is 6.76. The van der Waals surface area contributed by atoms with Crippen molar-refractivity contribution in [2.75, 3.05) is 19.4 Å². The molecule has 2 saturated carbocycles. The van der Waals surface area contributed by atoms with E-state index in [4.69, 9.17) is 10.5 Å². The third kappa shape index (κ3) is 3.73. The Bertz CT molecular complexity index is 833. The number of nitrogens with two attached hydrogens (primary N) is 1. The summed E-state index contributed by atoms with van der Waals surface area (Å²) in [7, 11) is 1.69. The van der Waals surface area contributed by atoms with Gasteiger partial charge < -0.3 is 15.8 Å². The maximum Gasteiger partial charge on any atom is 0.226 e. The number of hydrogen-bond acceptors (Lipinski definition) is 3. The highest BCUT2D eigenvalue weighted by molar-refractivity contribution is 5.84. The first-order valence-corrected chi connectivity index (χ1v) is 10.3. The van der Waals surface area contributed by atoms with Gasteiger partial charge in [-0.25, -0.2) is 0 Å². The van der Waals surface area contributed by atoms with Gasteiger partial charge in [0.1, 0.15) is 5.75 Å². The third-order valence-corrected chi connectivity index (χ3v) is 6.76. The van der Waals surface area contributed by atoms with Gasteiger partial charge in [-0.1, -0.05) is 30.7 Å². The molecule has 2 aromatic rings. The van der Waals surface area contributed by atoms with Crippen LogP contribution in [0.4, 0.5) is 5.69 Å². The maximum atomic E-state index is 13.4. The molecule has 2 aliphatic carbocycles. The van der Waals surface area contributed by atoms with Crippen molar-refractivity contribution in [1.29, 1.82) is 0 Å². The monoisotopic (exact) mass is 378 g/mol. The topological polar surface area (TPSA) is 64.3 Å². The molecule has 3 atom stereocenters. The standard InChI is InChI=1S/C24H30N2O2/c1-28-22-4-2-3-18(14-22)15-24(16-19-5-8-20(24)13-19)23(27)26-12-11-17-6-9-21(25)10-7-17/h2-4,6-7,9-10,14,19-20H,5,8,11-13,15-16,25H2,1H3,(H,26,27). The molecule has 28 heavy (non-hydrogen) atoms. The first-order chi connectivity index (χ1) is 13.6. The van der Waals surface area contributed by atoms with Gasteiger partial charge >= 0.3 is 0 Å². The fraction of sp³-hybridized carbons (Fsp3) is 0.458. The van der Waals surface area contributed by atoms with Crippen molar-refractivity contribution >= 4 is 11.6 Å². The molecule has 3 unspecified atom stereocenters. The SMILES string of the molecule is COc1cccc(CC2(C(=O)NCCc3ccc(N)cc3)CC3CCC2C3)c1. The molecule has 0 aliphatic heterocycles. The van der Waals surface area contributed by atoms with Gasteiger partial charge in [0.2, 0.25) is 5.91 Å². The Hall–Kier alpha value is -2.49. The van der Waals surface area contributed by atoms with Crippen LogP contribution in [0.15, 0.2) is 48.5 Å². The van der Waals surface area contributed by atoms with E-state index >= 15 is 0 Å². The van der Waals surface area contributed by atoms with Gasteiger partial charge in [0.15, 0.2) is 0 Å². The Labute approximate surface area is 167 Å². The number of fused-ring (bicyclic) bond motifs is 2. The molecule has 4 rings (SSSR count). The second-order valence-electron chi connectivity index (χ2n) is 8.51. The van der Waals surface area contributed by atoms with E-state index in [0.29, 0.717) is 18.4 Å². The molecule has 0 saturated heterocycles. The minimum atomic E-state index is -0.267. The lowest BCUT2D eigenvalue weighted by molar-refractivity contribution is -0.134. The fourth-order valence-electron chi connectivity index (χ4n) is 5.35. The van der Waals surface area contributed by atoms with Crippen LogP contribution in [-0.4, -0.2) is 19.6 Å². The predicted molar refractivity (Wildman–Crippen MR) is 112 cm³/mol. The molecule has 4 nitrogen and oxygen atoms in total. The summed E-state index contributed by atoms with van der Waals surface area (Å²) in [6, 6.07) is 16.1. The number of methoxy groups -OCH3 is 1. The number of anilines is 1. The van der Waals surface area contributed by atoms with E-state index in [1.807, 2.05) is 36.4 Å². The zero-order valence-electron chi connectivity index (χ0n) is 16.6. The highest BCUT2D eigenvalue weighted by atomic mass is 16.5. The van der Waals surface area contributed by atoms with Crippen LogP contribution in [0.5, 0.6) is 5.75 Å². The summed E-state index contributed by atoms with van der Waals surface area (Å²) < 4.78 is 5.39. The van der Waals surface area contributed by atoms with E-state index in [0.717, 1.165) is 30.7 Å². The first kappa shape index (κ1) is 18.9. The summed E-state index contributed by atoms with van der Waals surface area (Å²) >= 11 is 0. The van der Waals surface area contributed by atoms with Crippen LogP contribution in [0.3, 0.4) is 0 Å². The average Bonchev–Trinajstić information content (AvgIpc) is 3.31. The quantitative estimate of drug-likeness (QED) is 0.716. The Balaban J connectivity index is 1.46. The molecule has 0 heterocycles. The number of nitrogen functional groups attached to an aromatic ring is 1. The molecular formula is C24H30N2O2. The smallest absolute Gasteiger partial charge is 0.226 e. The van der Waals surface area contributed by atoms with E-state index in [9.17, 15) is 4.79 Å². The van der Waals surface area contributed by atoms with Crippen LogP contribution < -0.4 is 15.8 Å². The van der Waals surface area contributed by atoms with E-state index < -0.39 is 0 Å². The van der Waals surface area contributed by atoms with Crippen molar-refractivity contribution in [3.8, 4) is 5.75 Å². The Morgan fingerprint density at radius 1 is 1.18 bits per heavy atom. The van der Waals surface area contributed by atoms with E-state index in [2.05, 4.69) is 17.4 Å². The number of carbonyl (C=O) groups is 1. The molecule has 2 fully saturated rings. The molecule has 4 heteroatoms. The number of hydrogen-bond donors (Lipinski definition) is 2. The maximum absolute atomic E-state index is 13.4. The van der Waals surface area contributed by atoms with Gasteiger partial charge in [-0.3, -0.25) is 4.79 Å². The molecule has 148 valence electrons. The zero-order valence-corrected chi connectivity index (χ0v) is 16.6. The summed E-state index contributed by atoms with van der Waals surface area (Å²) in [5.41, 5.74) is 8.65. The highest BCUT2D eigenvalue weighted by Crippen LogP contribution is 2.57. The summed E-state index contributed by atoms with van der Waals surface area (Å²) in [4.78, 5) is 13.4. The van der Waals surface area contributed by atoms with E-state index in [-0.39, 0.29) is 11.3 Å². The van der Waals surface area contributed by atoms with Crippen LogP contribution in [0.1, 0.15) is 36.8 Å². The van der Waals surface area contributed by atoms with E-state index in [1.165, 1.54) is 30.4 Å². The number of ether oxygens (including phenoxy) is 1. The van der Waals surface area contributed by atoms with Gasteiger partial charge in [0, 0.05) is 12.2 Å². The van der Waals surface area contributed by atoms with Crippen molar-refractivity contribution < 1.29 is 9.53 Å². The second kappa shape index (κ2) is 7.86. The molecular weight excluding hydrogens is 348 g/mol. The summed E-state index contributed by atoms with van der Waals surface area (Å²) in [5.74, 6) is 2.30. The average molecular weight is 379 g/mol. The lowest BCUT2D eigenvalue weighted by atomic mass is 9.68. The van der Waals surface area contributed by atoms with Gasteiger partial charge in [0.25, 0.3) is 0 Å². The fourth-order valence-corrected chi connectivity index (χ4v) is 5.35. The van der Waals surface area contributed by atoms with Crippen LogP contribution in [0, 0.1) is 17.3 Å². The van der Waals surface area contributed by atoms with Crippen molar-refractivity contribution in [1.82, 2.24) is 5.32 Å². The number of amides is 1. The van der Waals surface area contributed by atoms with Crippen molar-refractivity contribution in [3.05, 3.63) is 59.7 Å². The number of rotatable bonds is 7. The van der Waals surface area contributed by atoms with Crippen LogP contribution in [-0.2, 0) is 17.6 Å². The van der Waals surface area contributed by atoms with Crippen molar-refractivity contribution in [2.24, 2.45) is 17.3 Å². The second-order valence-corrected chi connectivity index (χ2v) is 8.51. The summed E-state index contributed by atoms with van der Waals surface area (Å²) in [6.07, 6.45) is 6.32. The molecule has 0 radical (unpaired) electrons. The normalized spacial score (nSPS) is 25.6. The number of benzene rings is 2. The largest absolute Gasteiger partial charge is 0.497 e. The predicted octanol–water partition coefficient (Wildman–Crippen LogP) is 3.99. The van der Waals surface area contributed by atoms with E-state index in [1.54, 1.807) is 7.11 Å². The molecule has 3 N–H and O–H groups in total. The van der Waals surface area contributed by atoms with Gasteiger partial charge in [-0.15, -0.1) is 0 Å². The summed E-state index contributed by atoms with van der Waals surface area (Å²) in [5, 5.41) is 3.26. The Morgan fingerprint density at radius 2 is 2.00 bits per heavy atom. The number of carbonyl (C=O) groups excluding carboxylic acids is 1. The lowest BCUT2D eigenvalue weighted by Gasteiger charge is -2.36. The van der Waals surface area contributed by atoms with Crippen LogP contribution in [0.2, 0.25) is 0 Å². The minimum absolute atomic E-state index is 0.234. The van der Waals surface area contributed by atoms with Crippen LogP contribution >= 0.6 is 0 Å². The van der Waals surface area contributed by atoms with Crippen molar-refractivity contribution in [2.45, 2.75) is 38.5 Å². The van der Waals surface area contributed by atoms with Gasteiger partial charge in [-0.2, -0.15) is 0 Å². The molecule has 0 spiro atoms. The number of nitrogens with one attached hydrogen (secondary N) is 1. The zero-order chi connectivity index (χ0) is 19.6. The molecule has 2 bridgehead atoms. The Kier molecular flexibility index (Phi) is 5.29. The van der Waals surface area contributed by atoms with Gasteiger partial charge in [-0.05, 0) is 79.3 Å². The van der Waals surface area contributed by atoms with Crippen molar-refractivity contribution in [3.63, 3.8) is 0 Å². The molecule has 2 aliphatic rings. The Morgan fingerprint density at radius 3 is 2.68 bits per heavy atom. The molecule has 2 aromatic carbocycles. The summed E-state index contributed by atoms with van der Waals surface area (Å²) in [6.45, 7) is 0.667. The van der Waals surface area contributed by atoms with Crippen LogP contribution in [0.25, 0.3) is 0 Å². The lowest BCUT2D eigenvalue weighted by Crippen LogP contribution is -2.46. The van der Waals surface area contributed by atoms with Gasteiger partial charge in [0.05, 0.1) is 12.5 Å².